The van der Waals surface area contributed by atoms with Gasteiger partial charge < -0.3 is 19.9 Å². The second kappa shape index (κ2) is 10.5. The molecule has 2 amide bonds. The summed E-state index contributed by atoms with van der Waals surface area (Å²) in [5.41, 5.74) is 1.06. The smallest absolute Gasteiger partial charge is 0.251 e. The number of hydrogen-bond acceptors (Lipinski definition) is 6. The van der Waals surface area contributed by atoms with Crippen LogP contribution in [0.25, 0.3) is 0 Å². The first-order chi connectivity index (χ1) is 13.4. The SMILES string of the molecule is CCCc1cc(=O)[nH]c(SCC(=O)N(C)CC(=O)Nc2cccc(OC)c2)n1. The summed E-state index contributed by atoms with van der Waals surface area (Å²) in [7, 11) is 3.10. The molecule has 1 heterocycles. The molecule has 8 nitrogen and oxygen atoms in total. The summed E-state index contributed by atoms with van der Waals surface area (Å²) < 4.78 is 5.11. The number of rotatable bonds is 9. The number of carbonyl (C=O) groups is 2. The van der Waals surface area contributed by atoms with Gasteiger partial charge in [-0.2, -0.15) is 0 Å². The van der Waals surface area contributed by atoms with E-state index in [9.17, 15) is 14.4 Å². The van der Waals surface area contributed by atoms with E-state index in [1.807, 2.05) is 6.92 Å². The fraction of sp³-hybridized carbons (Fsp3) is 0.368. The van der Waals surface area contributed by atoms with Crippen molar-refractivity contribution in [1.82, 2.24) is 14.9 Å². The van der Waals surface area contributed by atoms with Gasteiger partial charge in [0.15, 0.2) is 5.16 Å². The lowest BCUT2D eigenvalue weighted by Gasteiger charge is -2.16. The van der Waals surface area contributed by atoms with E-state index in [2.05, 4.69) is 15.3 Å². The van der Waals surface area contributed by atoms with Gasteiger partial charge in [0, 0.05) is 30.6 Å². The van der Waals surface area contributed by atoms with Crippen molar-refractivity contribution in [3.8, 4) is 5.75 Å². The molecule has 0 aliphatic heterocycles. The largest absolute Gasteiger partial charge is 0.497 e. The highest BCUT2D eigenvalue weighted by Crippen LogP contribution is 2.17. The normalized spacial score (nSPS) is 10.4. The van der Waals surface area contributed by atoms with Crippen LogP contribution >= 0.6 is 11.8 Å². The summed E-state index contributed by atoms with van der Waals surface area (Å²) >= 11 is 1.14. The number of hydrogen-bond donors (Lipinski definition) is 2. The topological polar surface area (TPSA) is 104 Å². The number of ether oxygens (including phenoxy) is 1. The van der Waals surface area contributed by atoms with E-state index in [1.54, 1.807) is 38.4 Å². The van der Waals surface area contributed by atoms with Crippen molar-refractivity contribution in [3.63, 3.8) is 0 Å². The molecule has 1 aromatic heterocycles. The van der Waals surface area contributed by atoms with E-state index >= 15 is 0 Å². The van der Waals surface area contributed by atoms with Crippen LogP contribution in [-0.2, 0) is 16.0 Å². The van der Waals surface area contributed by atoms with Gasteiger partial charge in [0.25, 0.3) is 5.56 Å². The highest BCUT2D eigenvalue weighted by molar-refractivity contribution is 7.99. The molecule has 28 heavy (non-hydrogen) atoms. The highest BCUT2D eigenvalue weighted by Gasteiger charge is 2.14. The molecule has 2 N–H and O–H groups in total. The van der Waals surface area contributed by atoms with Gasteiger partial charge in [-0.25, -0.2) is 4.98 Å². The lowest BCUT2D eigenvalue weighted by Crippen LogP contribution is -2.36. The van der Waals surface area contributed by atoms with Crippen molar-refractivity contribution < 1.29 is 14.3 Å². The van der Waals surface area contributed by atoms with Crippen molar-refractivity contribution in [2.45, 2.75) is 24.9 Å². The number of nitrogens with zero attached hydrogens (tertiary/aromatic N) is 2. The van der Waals surface area contributed by atoms with Crippen LogP contribution in [0.5, 0.6) is 5.75 Å². The Bertz CT molecular complexity index is 884. The Morgan fingerprint density at radius 3 is 2.82 bits per heavy atom. The third-order valence-electron chi connectivity index (χ3n) is 3.77. The maximum Gasteiger partial charge on any atom is 0.251 e. The fourth-order valence-electron chi connectivity index (χ4n) is 2.38. The highest BCUT2D eigenvalue weighted by atomic mass is 32.2. The zero-order valence-electron chi connectivity index (χ0n) is 16.2. The lowest BCUT2D eigenvalue weighted by molar-refractivity contribution is -0.131. The molecule has 0 unspecified atom stereocenters. The van der Waals surface area contributed by atoms with Gasteiger partial charge in [0.2, 0.25) is 11.8 Å². The van der Waals surface area contributed by atoms with E-state index in [0.717, 1.165) is 18.2 Å². The number of anilines is 1. The van der Waals surface area contributed by atoms with Gasteiger partial charge in [-0.05, 0) is 18.6 Å². The standard InChI is InChI=1S/C19H24N4O4S/c1-4-6-13-10-16(24)22-19(21-13)28-12-18(26)23(2)11-17(25)20-14-7-5-8-15(9-14)27-3/h5,7-10H,4,6,11-12H2,1-3H3,(H,20,25)(H,21,22,24). The molecule has 0 saturated carbocycles. The van der Waals surface area contributed by atoms with Crippen LogP contribution in [0.4, 0.5) is 5.69 Å². The molecule has 0 atom stereocenters. The molecule has 9 heteroatoms. The Kier molecular flexibility index (Phi) is 8.06. The van der Waals surface area contributed by atoms with E-state index in [0.29, 0.717) is 28.7 Å². The van der Waals surface area contributed by atoms with Gasteiger partial charge in [0.1, 0.15) is 5.75 Å². The number of benzene rings is 1. The Hall–Kier alpha value is -2.81. The van der Waals surface area contributed by atoms with E-state index < -0.39 is 0 Å². The monoisotopic (exact) mass is 404 g/mol. The zero-order valence-corrected chi connectivity index (χ0v) is 17.0. The third kappa shape index (κ3) is 6.73. The minimum Gasteiger partial charge on any atom is -0.497 e. The summed E-state index contributed by atoms with van der Waals surface area (Å²) in [5, 5.41) is 3.13. The van der Waals surface area contributed by atoms with Gasteiger partial charge in [-0.3, -0.25) is 14.4 Å². The summed E-state index contributed by atoms with van der Waals surface area (Å²) in [5.74, 6) is 0.145. The zero-order chi connectivity index (χ0) is 20.5. The number of carbonyl (C=O) groups excluding carboxylic acids is 2. The van der Waals surface area contributed by atoms with Crippen LogP contribution in [0.1, 0.15) is 19.0 Å². The number of aryl methyl sites for hydroxylation is 1. The predicted octanol–water partition coefficient (Wildman–Crippen LogP) is 1.92. The average Bonchev–Trinajstić information content (AvgIpc) is 2.66. The molecule has 1 aromatic carbocycles. The summed E-state index contributed by atoms with van der Waals surface area (Å²) in [6.07, 6.45) is 1.58. The van der Waals surface area contributed by atoms with Crippen molar-refractivity contribution in [1.29, 1.82) is 0 Å². The number of amides is 2. The van der Waals surface area contributed by atoms with Crippen LogP contribution < -0.4 is 15.6 Å². The average molecular weight is 404 g/mol. The number of H-pyrrole nitrogens is 1. The number of methoxy groups -OCH3 is 1. The number of aromatic nitrogens is 2. The fourth-order valence-corrected chi connectivity index (χ4v) is 3.22. The molecule has 0 bridgehead atoms. The molecular formula is C19H24N4O4S. The quantitative estimate of drug-likeness (QED) is 0.489. The Morgan fingerprint density at radius 2 is 2.11 bits per heavy atom. The first-order valence-corrected chi connectivity index (χ1v) is 9.80. The minimum atomic E-state index is -0.314. The number of thioether (sulfide) groups is 1. The van der Waals surface area contributed by atoms with Crippen LogP contribution in [-0.4, -0.2) is 53.1 Å². The maximum atomic E-state index is 12.3. The van der Waals surface area contributed by atoms with Gasteiger partial charge >= 0.3 is 0 Å². The summed E-state index contributed by atoms with van der Waals surface area (Å²) in [6.45, 7) is 1.92. The van der Waals surface area contributed by atoms with Crippen LogP contribution in [0.2, 0.25) is 0 Å². The minimum absolute atomic E-state index is 0.0709. The molecule has 150 valence electrons. The molecule has 0 aliphatic carbocycles. The van der Waals surface area contributed by atoms with E-state index in [1.165, 1.54) is 11.0 Å². The van der Waals surface area contributed by atoms with E-state index in [-0.39, 0.29) is 29.7 Å². The first-order valence-electron chi connectivity index (χ1n) is 8.82. The molecule has 0 spiro atoms. The Balaban J connectivity index is 1.86. The van der Waals surface area contributed by atoms with Crippen LogP contribution in [0, 0.1) is 0 Å². The Morgan fingerprint density at radius 1 is 1.32 bits per heavy atom. The summed E-state index contributed by atoms with van der Waals surface area (Å²) in [6, 6.07) is 8.44. The molecule has 0 saturated heterocycles. The lowest BCUT2D eigenvalue weighted by atomic mass is 10.2. The van der Waals surface area contributed by atoms with Crippen molar-refractivity contribution in [2.24, 2.45) is 0 Å². The van der Waals surface area contributed by atoms with Crippen molar-refractivity contribution in [3.05, 3.63) is 46.4 Å². The predicted molar refractivity (Wildman–Crippen MR) is 109 cm³/mol. The molecular weight excluding hydrogens is 380 g/mol. The van der Waals surface area contributed by atoms with E-state index in [4.69, 9.17) is 4.74 Å². The molecule has 2 aromatic rings. The van der Waals surface area contributed by atoms with Crippen molar-refractivity contribution >= 4 is 29.3 Å². The maximum absolute atomic E-state index is 12.3. The number of aromatic amines is 1. The second-order valence-electron chi connectivity index (χ2n) is 6.11. The second-order valence-corrected chi connectivity index (χ2v) is 7.07. The summed E-state index contributed by atoms with van der Waals surface area (Å²) in [4.78, 5) is 44.4. The first kappa shape index (κ1) is 21.5. The number of nitrogens with one attached hydrogen (secondary N) is 2. The number of likely N-dealkylation sites (N-methyl/N-ethyl adjacent to an activating group) is 1. The molecule has 2 rings (SSSR count). The Labute approximate surface area is 167 Å². The third-order valence-corrected chi connectivity index (χ3v) is 4.63. The molecule has 0 fully saturated rings. The van der Waals surface area contributed by atoms with Gasteiger partial charge in [-0.1, -0.05) is 31.2 Å². The van der Waals surface area contributed by atoms with Crippen LogP contribution in [0.15, 0.2) is 40.3 Å². The van der Waals surface area contributed by atoms with Gasteiger partial charge in [-0.15, -0.1) is 0 Å². The molecule has 0 radical (unpaired) electrons. The van der Waals surface area contributed by atoms with Crippen LogP contribution in [0.3, 0.4) is 0 Å². The molecule has 0 aliphatic rings. The van der Waals surface area contributed by atoms with Gasteiger partial charge in [0.05, 0.1) is 19.4 Å². The van der Waals surface area contributed by atoms with Crippen molar-refractivity contribution in [2.75, 3.05) is 31.8 Å².